The zero-order chi connectivity index (χ0) is 35.9. The minimum Gasteiger partial charge on any atom is -0.469 e. The molecule has 1 aliphatic rings. The van der Waals surface area contributed by atoms with E-state index in [1.54, 1.807) is 0 Å². The second kappa shape index (κ2) is 64.9. The van der Waals surface area contributed by atoms with E-state index in [0.29, 0.717) is 18.9 Å². The number of methoxy groups -OCH3 is 3. The van der Waals surface area contributed by atoms with Gasteiger partial charge in [-0.25, -0.2) is 4.79 Å². The van der Waals surface area contributed by atoms with Gasteiger partial charge in [-0.2, -0.15) is 17.7 Å². The van der Waals surface area contributed by atoms with Crippen molar-refractivity contribution < 1.29 is 68.6 Å². The van der Waals surface area contributed by atoms with Crippen LogP contribution in [0.1, 0.15) is 19.3 Å². The molecule has 1 heterocycles. The molecule has 50 heavy (non-hydrogen) atoms. The fourth-order valence-corrected chi connectivity index (χ4v) is 1.04. The zero-order valence-electron chi connectivity index (χ0n) is 30.4. The van der Waals surface area contributed by atoms with Crippen molar-refractivity contribution >= 4 is 63.1 Å². The van der Waals surface area contributed by atoms with Crippen LogP contribution in [0.2, 0.25) is 0 Å². The van der Waals surface area contributed by atoms with E-state index in [-0.39, 0.29) is 48.5 Å². The number of allylic oxidation sites excluding steroid dienone is 1. The molecule has 14 nitrogen and oxygen atoms in total. The number of aliphatic hydroxyl groups excluding tert-OH is 5. The third kappa shape index (κ3) is 97.0. The van der Waals surface area contributed by atoms with Crippen LogP contribution in [0.25, 0.3) is 0 Å². The number of hydrogen-bond acceptors (Lipinski definition) is 14. The van der Waals surface area contributed by atoms with Gasteiger partial charge in [0, 0.05) is 33.0 Å². The molecule has 3 unspecified atom stereocenters. The average molecular weight is 2470 g/mol. The molecule has 0 amide bonds. The Balaban J connectivity index is -0.0000000341. The number of esters is 3. The Hall–Kier alpha value is -6.87. The Morgan fingerprint density at radius 3 is 1.26 bits per heavy atom. The van der Waals surface area contributed by atoms with Gasteiger partial charge in [0.1, 0.15) is 6.42 Å². The molecule has 0 bridgehead atoms. The largest absolute Gasteiger partial charge is 0.469 e. The minimum atomic E-state index is -0.810. The van der Waals surface area contributed by atoms with Crippen LogP contribution >= 0.6 is 45.2 Å². The standard InChI is InChI=1S/C7H11O4.C5H8O4.C5H11O2.C3H6IO.C3H7O2.C3H5O.C2H4I.6Rf/c1-4-5-6(11-10-3)7(8)9-2;1-8-4(6)3-5(7)9-2;1-2-5(3-6)4-7;1-3(4)2-5;1-3(5)2-4;1-3-2-4-3;1-2-3;;;;;;/h5H,1,4H2,2-3H3;3H2,1-2H3;5-7H,1-4H2;3,5H,1-2H2;3-5H,1-2H2;3H,1-2H2;1-2H2;;;;;;/q-1;;5*-1;;;;;;/b6-5+;;;;;;;;;;;;. The van der Waals surface area contributed by atoms with Gasteiger partial charge in [0.2, 0.25) is 5.76 Å². The van der Waals surface area contributed by atoms with Crippen LogP contribution in [-0.4, -0.2) is 125 Å². The topological polar surface area (TPSA) is 211 Å². The molecule has 0 aliphatic carbocycles. The first-order chi connectivity index (χ1) is 20.7. The van der Waals surface area contributed by atoms with Gasteiger partial charge in [0.15, 0.2) is 0 Å². The summed E-state index contributed by atoms with van der Waals surface area (Å²) in [4.78, 5) is 40.0. The molecule has 1 rings (SSSR count). The van der Waals surface area contributed by atoms with Crippen molar-refractivity contribution in [1.29, 1.82) is 0 Å². The molecule has 0 radical (unpaired) electrons. The summed E-state index contributed by atoms with van der Waals surface area (Å²) in [6, 6.07) is 0. The second-order valence-corrected chi connectivity index (χ2v) is 10.0. The molecule has 0 aromatic rings. The molecule has 0 spiro atoms. The fourth-order valence-electron chi connectivity index (χ4n) is 1.04. The molecule has 0 aromatic heterocycles. The van der Waals surface area contributed by atoms with E-state index in [1.165, 1.54) is 34.5 Å². The molecule has 0 saturated carbocycles. The van der Waals surface area contributed by atoms with Crippen LogP contribution in [-0.2, 0) is 43.1 Å². The van der Waals surface area contributed by atoms with Crippen molar-refractivity contribution in [2.45, 2.75) is 35.4 Å². The van der Waals surface area contributed by atoms with Crippen LogP contribution in [0.4, 0.5) is 0 Å². The van der Waals surface area contributed by atoms with E-state index in [4.69, 9.17) is 25.5 Å². The summed E-state index contributed by atoms with van der Waals surface area (Å²) in [5.41, 5.74) is 0. The van der Waals surface area contributed by atoms with Gasteiger partial charge < -0.3 is 90.9 Å². The maximum Gasteiger partial charge on any atom is 0.377 e. The van der Waals surface area contributed by atoms with Crippen molar-refractivity contribution in [3.63, 3.8) is 0 Å². The van der Waals surface area contributed by atoms with Gasteiger partial charge in [0.05, 0.1) is 28.4 Å². The summed E-state index contributed by atoms with van der Waals surface area (Å²) in [6.07, 6.45) is 1.72. The quantitative estimate of drug-likeness (QED) is 0.0170. The van der Waals surface area contributed by atoms with Crippen molar-refractivity contribution in [2.24, 2.45) is 5.92 Å². The Morgan fingerprint density at radius 2 is 1.14 bits per heavy atom. The smallest absolute Gasteiger partial charge is 0.377 e. The molecule has 1 saturated heterocycles. The molecule has 0 aromatic carbocycles. The number of aliphatic hydroxyl groups is 5. The Labute approximate surface area is 291 Å². The molecular weight excluding hydrogens is 2420 g/mol. The SMILES string of the molecule is COC(=O)CC(=O)OC.[CH2-]C(I)CO.[CH2-]C(O)CO.[CH2-]C/C=C(/OOC)C(=O)OC.[CH2-]C1CO1.[CH2-]CC(CO)CO.[CH2-]CI.[Rf].[Rf].[Rf].[Rf].[Rf].[Rf]. The summed E-state index contributed by atoms with van der Waals surface area (Å²) < 4.78 is 18.5. The van der Waals surface area contributed by atoms with Crippen molar-refractivity contribution in [2.75, 3.05) is 65.9 Å². The summed E-state index contributed by atoms with van der Waals surface area (Å²) in [6.45, 7) is 21.5. The van der Waals surface area contributed by atoms with Gasteiger partial charge >= 0.3 is 17.9 Å². The summed E-state index contributed by atoms with van der Waals surface area (Å²) in [5, 5.41) is 40.6. The molecule has 280 valence electrons. The molecule has 3 atom stereocenters. The minimum absolute atomic E-state index is 0. The fraction of sp³-hybridized carbons (Fsp3) is 0.607. The van der Waals surface area contributed by atoms with Crippen LogP contribution < -0.4 is 0 Å². The van der Waals surface area contributed by atoms with Crippen molar-refractivity contribution in [3.05, 3.63) is 53.4 Å². The summed E-state index contributed by atoms with van der Waals surface area (Å²) >= 11 is 4.22. The van der Waals surface area contributed by atoms with E-state index in [2.05, 4.69) is 92.9 Å². The Kier molecular flexibility index (Phi) is 103. The summed E-state index contributed by atoms with van der Waals surface area (Å²) in [5.74, 6) is -1.73. The normalized spacial score (nSPS) is 11.9. The van der Waals surface area contributed by atoms with E-state index < -0.39 is 24.0 Å². The van der Waals surface area contributed by atoms with E-state index in [1.807, 2.05) is 22.6 Å². The monoisotopic (exact) mass is 2470 g/mol. The van der Waals surface area contributed by atoms with Crippen molar-refractivity contribution in [1.82, 2.24) is 0 Å². The molecular formula is C28H52I2O14Rf6-6. The maximum atomic E-state index is 10.8. The van der Waals surface area contributed by atoms with Gasteiger partial charge in [-0.1, -0.05) is 10.0 Å². The zero-order valence-corrected chi connectivity index (χ0v) is 73.1. The van der Waals surface area contributed by atoms with Gasteiger partial charge in [-0.05, 0) is 18.1 Å². The number of hydrogen-bond donors (Lipinski definition) is 5. The average Bonchev–Trinajstić information content (AvgIpc) is 3.81. The third-order valence-electron chi connectivity index (χ3n) is 3.37. The first-order valence-electron chi connectivity index (χ1n) is 12.6. The second-order valence-electron chi connectivity index (χ2n) is 7.21. The molecule has 1 fully saturated rings. The van der Waals surface area contributed by atoms with Crippen LogP contribution in [0.15, 0.2) is 11.8 Å². The maximum absolute atomic E-state index is 10.8. The van der Waals surface area contributed by atoms with E-state index in [9.17, 15) is 14.4 Å². The number of ether oxygens (including phenoxy) is 4. The third-order valence-corrected chi connectivity index (χ3v) is 3.76. The number of alkyl halides is 2. The van der Waals surface area contributed by atoms with Crippen LogP contribution in [0, 0.1) is 47.5 Å². The van der Waals surface area contributed by atoms with Crippen LogP contribution in [0.5, 0.6) is 0 Å². The van der Waals surface area contributed by atoms with Gasteiger partial charge in [0.25, 0.3) is 0 Å². The Bertz CT molecular complexity index is 626. The first kappa shape index (κ1) is 79.0. The van der Waals surface area contributed by atoms with Gasteiger partial charge in [-0.3, -0.25) is 9.59 Å². The summed E-state index contributed by atoms with van der Waals surface area (Å²) in [7, 11) is 4.99. The van der Waals surface area contributed by atoms with E-state index in [0.717, 1.165) is 11.0 Å². The van der Waals surface area contributed by atoms with Gasteiger partial charge in [-0.15, -0.1) is 49.6 Å². The predicted molar refractivity (Wildman–Crippen MR) is 182 cm³/mol. The number of halogens is 2. The predicted octanol–water partition coefficient (Wildman–Crippen LogP) is 1.64. The molecule has 5 N–H and O–H groups in total. The first-order valence-corrected chi connectivity index (χ1v) is 15.4. The Morgan fingerprint density at radius 1 is 0.820 bits per heavy atom. The van der Waals surface area contributed by atoms with Crippen molar-refractivity contribution in [3.8, 4) is 0 Å². The number of carbonyl (C=O) groups is 3. The van der Waals surface area contributed by atoms with E-state index >= 15 is 0 Å². The van der Waals surface area contributed by atoms with Crippen LogP contribution in [0.3, 0.4) is 0 Å². The molecule has 22 heteroatoms. The number of rotatable bonds is 11. The molecule has 1 aliphatic heterocycles. The number of carbonyl (C=O) groups excluding carboxylic acids is 3. The number of epoxide rings is 1.